The van der Waals surface area contributed by atoms with Crippen LogP contribution >= 0.6 is 23.2 Å². The molecule has 0 aliphatic carbocycles. The van der Waals surface area contributed by atoms with Gasteiger partial charge in [-0.15, -0.1) is 11.6 Å². The van der Waals surface area contributed by atoms with E-state index in [1.165, 1.54) is 6.42 Å². The molecule has 0 amide bonds. The first kappa shape index (κ1) is 11.9. The number of alkyl halides is 1. The Morgan fingerprint density at radius 3 is 2.95 bits per heavy atom. The average Bonchev–Trinajstić information content (AvgIpc) is 3.11. The first-order valence-corrected chi connectivity index (χ1v) is 7.41. The Balaban J connectivity index is 1.92. The van der Waals surface area contributed by atoms with Gasteiger partial charge in [-0.25, -0.2) is 4.98 Å². The summed E-state index contributed by atoms with van der Waals surface area (Å²) in [5.74, 6) is 1.23. The highest BCUT2D eigenvalue weighted by Gasteiger charge is 2.43. The Labute approximate surface area is 120 Å². The molecule has 3 unspecified atom stereocenters. The Bertz CT molecular complexity index is 642. The van der Waals surface area contributed by atoms with E-state index in [0.717, 1.165) is 29.7 Å². The van der Waals surface area contributed by atoms with Crippen molar-refractivity contribution >= 4 is 34.2 Å². The summed E-state index contributed by atoms with van der Waals surface area (Å²) < 4.78 is 8.12. The van der Waals surface area contributed by atoms with Gasteiger partial charge < -0.3 is 9.30 Å². The van der Waals surface area contributed by atoms with Gasteiger partial charge in [0.2, 0.25) is 0 Å². The third-order valence-corrected chi connectivity index (χ3v) is 4.66. The molecule has 2 aliphatic heterocycles. The molecule has 0 saturated carbocycles. The molecule has 0 spiro atoms. The second-order valence-corrected chi connectivity index (χ2v) is 5.87. The molecule has 19 heavy (non-hydrogen) atoms. The summed E-state index contributed by atoms with van der Waals surface area (Å²) in [4.78, 5) is 8.64. The van der Waals surface area contributed by atoms with Crippen LogP contribution in [0.4, 0.5) is 0 Å². The summed E-state index contributed by atoms with van der Waals surface area (Å²) in [5.41, 5.74) is 1.75. The molecule has 2 saturated heterocycles. The van der Waals surface area contributed by atoms with Crippen LogP contribution in [0.25, 0.3) is 11.0 Å². The van der Waals surface area contributed by atoms with Gasteiger partial charge in [0.1, 0.15) is 11.3 Å². The number of aromatic nitrogens is 3. The second kappa shape index (κ2) is 4.33. The van der Waals surface area contributed by atoms with E-state index in [4.69, 9.17) is 27.9 Å². The number of pyridine rings is 1. The monoisotopic (exact) mass is 297 g/mol. The Hall–Kier alpha value is -0.840. The van der Waals surface area contributed by atoms with Crippen molar-refractivity contribution in [2.24, 2.45) is 0 Å². The van der Waals surface area contributed by atoms with Gasteiger partial charge in [-0.2, -0.15) is 0 Å². The number of hydrogen-bond donors (Lipinski definition) is 0. The number of ether oxygens (including phenoxy) is 1. The van der Waals surface area contributed by atoms with Crippen molar-refractivity contribution in [3.05, 3.63) is 23.2 Å². The second-order valence-electron chi connectivity index (χ2n) is 5.20. The summed E-state index contributed by atoms with van der Waals surface area (Å²) in [5, 5.41) is 0.629. The molecule has 2 aromatic heterocycles. The van der Waals surface area contributed by atoms with Crippen molar-refractivity contribution in [3.8, 4) is 0 Å². The Morgan fingerprint density at radius 2 is 2.26 bits per heavy atom. The van der Waals surface area contributed by atoms with Gasteiger partial charge in [0.25, 0.3) is 0 Å². The quantitative estimate of drug-likeness (QED) is 0.799. The fraction of sp³-hybridized carbons (Fsp3) is 0.538. The normalized spacial score (nSPS) is 29.5. The fourth-order valence-electron chi connectivity index (χ4n) is 3.39. The van der Waals surface area contributed by atoms with Crippen LogP contribution in [0, 0.1) is 0 Å². The van der Waals surface area contributed by atoms with Crippen molar-refractivity contribution in [1.29, 1.82) is 0 Å². The van der Waals surface area contributed by atoms with Gasteiger partial charge in [-0.05, 0) is 19.3 Å². The number of hydrogen-bond acceptors (Lipinski definition) is 3. The number of fused-ring (bicyclic) bond motifs is 3. The molecule has 100 valence electrons. The van der Waals surface area contributed by atoms with Crippen LogP contribution in [0.15, 0.2) is 12.4 Å². The van der Waals surface area contributed by atoms with E-state index in [2.05, 4.69) is 14.5 Å². The van der Waals surface area contributed by atoms with Crippen molar-refractivity contribution in [2.45, 2.75) is 43.4 Å². The van der Waals surface area contributed by atoms with Gasteiger partial charge >= 0.3 is 0 Å². The smallest absolute Gasteiger partial charge is 0.125 e. The maximum absolute atomic E-state index is 6.31. The molecule has 4 rings (SSSR count). The summed E-state index contributed by atoms with van der Waals surface area (Å²) in [6.45, 7) is 0. The minimum atomic E-state index is 0.272. The zero-order valence-corrected chi connectivity index (χ0v) is 11.7. The zero-order valence-electron chi connectivity index (χ0n) is 10.2. The van der Waals surface area contributed by atoms with Crippen LogP contribution in [0.2, 0.25) is 5.02 Å². The maximum atomic E-state index is 6.31. The maximum Gasteiger partial charge on any atom is 0.125 e. The molecule has 0 N–H and O–H groups in total. The minimum absolute atomic E-state index is 0.272. The molecule has 2 bridgehead atoms. The van der Waals surface area contributed by atoms with Gasteiger partial charge in [0.05, 0.1) is 40.9 Å². The zero-order chi connectivity index (χ0) is 13.0. The van der Waals surface area contributed by atoms with Crippen molar-refractivity contribution in [3.63, 3.8) is 0 Å². The van der Waals surface area contributed by atoms with Gasteiger partial charge in [0.15, 0.2) is 0 Å². The van der Waals surface area contributed by atoms with Crippen LogP contribution < -0.4 is 0 Å². The molecule has 2 aliphatic rings. The third kappa shape index (κ3) is 1.70. The SMILES string of the molecule is ClCc1nc2cncc(Cl)c2n1C1CC2CCC1O2. The molecular weight excluding hydrogens is 285 g/mol. The molecular formula is C13H13Cl2N3O. The van der Waals surface area contributed by atoms with Crippen molar-refractivity contribution in [2.75, 3.05) is 0 Å². The summed E-state index contributed by atoms with van der Waals surface area (Å²) in [6.07, 6.45) is 7.36. The molecule has 0 radical (unpaired) electrons. The van der Waals surface area contributed by atoms with Gasteiger partial charge in [-0.1, -0.05) is 11.6 Å². The average molecular weight is 298 g/mol. The van der Waals surface area contributed by atoms with Crippen LogP contribution in [-0.4, -0.2) is 26.7 Å². The van der Waals surface area contributed by atoms with E-state index in [0.29, 0.717) is 23.0 Å². The summed E-state index contributed by atoms with van der Waals surface area (Å²) >= 11 is 12.4. The predicted octanol–water partition coefficient (Wildman–Crippen LogP) is 3.32. The molecule has 4 nitrogen and oxygen atoms in total. The summed E-state index contributed by atoms with van der Waals surface area (Å²) in [6, 6.07) is 0.303. The fourth-order valence-corrected chi connectivity index (χ4v) is 3.83. The topological polar surface area (TPSA) is 39.9 Å². The van der Waals surface area contributed by atoms with E-state index in [-0.39, 0.29) is 6.10 Å². The highest BCUT2D eigenvalue weighted by Crippen LogP contribution is 2.44. The third-order valence-electron chi connectivity index (χ3n) is 4.15. The molecule has 3 atom stereocenters. The van der Waals surface area contributed by atoms with Crippen LogP contribution in [-0.2, 0) is 10.6 Å². The molecule has 2 fully saturated rings. The lowest BCUT2D eigenvalue weighted by molar-refractivity contribution is 0.0940. The van der Waals surface area contributed by atoms with Gasteiger partial charge in [-0.3, -0.25) is 4.98 Å². The first-order chi connectivity index (χ1) is 9.28. The molecule has 4 heterocycles. The number of halogens is 2. The predicted molar refractivity (Wildman–Crippen MR) is 73.6 cm³/mol. The van der Waals surface area contributed by atoms with Gasteiger partial charge in [0, 0.05) is 6.20 Å². The standard InChI is InChI=1S/C13H13Cl2N3O/c14-4-12-17-9-6-16-5-8(15)13(9)18(12)10-3-7-1-2-11(10)19-7/h5-7,10-11H,1-4H2. The first-order valence-electron chi connectivity index (χ1n) is 6.49. The van der Waals surface area contributed by atoms with E-state index in [1.807, 2.05) is 0 Å². The van der Waals surface area contributed by atoms with Crippen LogP contribution in [0.5, 0.6) is 0 Å². The highest BCUT2D eigenvalue weighted by molar-refractivity contribution is 6.34. The number of imidazole rings is 1. The Kier molecular flexibility index (Phi) is 2.72. The van der Waals surface area contributed by atoms with Crippen molar-refractivity contribution in [1.82, 2.24) is 14.5 Å². The lowest BCUT2D eigenvalue weighted by Crippen LogP contribution is -2.22. The van der Waals surface area contributed by atoms with Crippen LogP contribution in [0.3, 0.4) is 0 Å². The van der Waals surface area contributed by atoms with Crippen molar-refractivity contribution < 1.29 is 4.74 Å². The Morgan fingerprint density at radius 1 is 1.37 bits per heavy atom. The van der Waals surface area contributed by atoms with E-state index in [1.54, 1.807) is 12.4 Å². The lowest BCUT2D eigenvalue weighted by Gasteiger charge is -2.23. The van der Waals surface area contributed by atoms with E-state index in [9.17, 15) is 0 Å². The number of rotatable bonds is 2. The highest BCUT2D eigenvalue weighted by atomic mass is 35.5. The van der Waals surface area contributed by atoms with Crippen LogP contribution in [0.1, 0.15) is 31.1 Å². The largest absolute Gasteiger partial charge is 0.373 e. The number of nitrogens with zero attached hydrogens (tertiary/aromatic N) is 3. The molecule has 2 aromatic rings. The molecule has 0 aromatic carbocycles. The lowest BCUT2D eigenvalue weighted by atomic mass is 9.95. The minimum Gasteiger partial charge on any atom is -0.373 e. The summed E-state index contributed by atoms with van der Waals surface area (Å²) in [7, 11) is 0. The van der Waals surface area contributed by atoms with E-state index >= 15 is 0 Å². The van der Waals surface area contributed by atoms with E-state index < -0.39 is 0 Å². The molecule has 6 heteroatoms.